The molecule has 1 aromatic carbocycles. The van der Waals surface area contributed by atoms with Crippen LogP contribution in [0.1, 0.15) is 24.0 Å². The lowest BCUT2D eigenvalue weighted by atomic mass is 9.92. The first-order valence-corrected chi connectivity index (χ1v) is 6.61. The summed E-state index contributed by atoms with van der Waals surface area (Å²) in [6.07, 6.45) is 3.59. The number of rotatable bonds is 2. The average molecular weight is 260 g/mol. The maximum Gasteiger partial charge on any atom is 0.272 e. The molecule has 0 amide bonds. The van der Waals surface area contributed by atoms with Crippen molar-refractivity contribution < 1.29 is 10.0 Å². The highest BCUT2D eigenvalue weighted by atomic mass is 16.6. The molecule has 0 aliphatic heterocycles. The van der Waals surface area contributed by atoms with Gasteiger partial charge in [0.1, 0.15) is 6.73 Å². The molecular weight excluding hydrogens is 244 g/mol. The van der Waals surface area contributed by atoms with Gasteiger partial charge in [0.05, 0.1) is 4.92 Å². The zero-order chi connectivity index (χ0) is 13.4. The third-order valence-corrected chi connectivity index (χ3v) is 4.32. The summed E-state index contributed by atoms with van der Waals surface area (Å²) >= 11 is 0. The number of nitro groups is 1. The first kappa shape index (κ1) is 12.3. The second-order valence-electron chi connectivity index (χ2n) is 5.28. The van der Waals surface area contributed by atoms with E-state index in [-0.39, 0.29) is 23.3 Å². The number of nitrogens with zero attached hydrogens (tertiary/aromatic N) is 2. The van der Waals surface area contributed by atoms with Gasteiger partial charge in [-0.2, -0.15) is 0 Å². The van der Waals surface area contributed by atoms with Crippen LogP contribution in [0.5, 0.6) is 0 Å². The lowest BCUT2D eigenvalue weighted by Crippen LogP contribution is -2.15. The molecule has 100 valence electrons. The van der Waals surface area contributed by atoms with Crippen molar-refractivity contribution >= 4 is 11.4 Å². The normalized spacial score (nSPS) is 27.1. The molecule has 5 heteroatoms. The van der Waals surface area contributed by atoms with Crippen LogP contribution in [0.4, 0.5) is 5.69 Å². The third kappa shape index (κ3) is 2.04. The topological polar surface area (TPSA) is 75.7 Å². The smallest absolute Gasteiger partial charge is 0.272 e. The van der Waals surface area contributed by atoms with Gasteiger partial charge in [0.25, 0.3) is 5.69 Å². The van der Waals surface area contributed by atoms with E-state index in [1.807, 2.05) is 6.07 Å². The van der Waals surface area contributed by atoms with E-state index in [2.05, 4.69) is 4.99 Å². The van der Waals surface area contributed by atoms with E-state index in [1.165, 1.54) is 0 Å². The van der Waals surface area contributed by atoms with E-state index in [0.29, 0.717) is 12.3 Å². The lowest BCUT2D eigenvalue weighted by molar-refractivity contribution is -0.385. The molecule has 2 aliphatic carbocycles. The van der Waals surface area contributed by atoms with E-state index < -0.39 is 0 Å². The molecule has 0 saturated heterocycles. The third-order valence-electron chi connectivity index (χ3n) is 4.32. The molecule has 1 saturated carbocycles. The van der Waals surface area contributed by atoms with Crippen LogP contribution in [0.15, 0.2) is 23.2 Å². The highest BCUT2D eigenvalue weighted by molar-refractivity contribution is 5.92. The van der Waals surface area contributed by atoms with Crippen LogP contribution in [0.2, 0.25) is 0 Å². The number of benzene rings is 1. The van der Waals surface area contributed by atoms with Crippen LogP contribution in [0.25, 0.3) is 0 Å². The molecule has 0 radical (unpaired) electrons. The molecule has 2 unspecified atom stereocenters. The average Bonchev–Trinajstić information content (AvgIpc) is 2.65. The zero-order valence-electron chi connectivity index (χ0n) is 10.6. The molecule has 0 heterocycles. The highest BCUT2D eigenvalue weighted by Gasteiger charge is 2.37. The minimum absolute atomic E-state index is 0.180. The Hall–Kier alpha value is -1.75. The standard InChI is InChI=1S/C14H16N2O3/c17-8-15-14-10-4-5-11(14)7-12-9(6-10)2-1-3-13(12)16(18)19/h1-3,10-11,17H,4-8H2/b15-14-. The Morgan fingerprint density at radius 2 is 2.05 bits per heavy atom. The summed E-state index contributed by atoms with van der Waals surface area (Å²) in [5.74, 6) is 0.611. The summed E-state index contributed by atoms with van der Waals surface area (Å²) in [4.78, 5) is 15.1. The summed E-state index contributed by atoms with van der Waals surface area (Å²) in [7, 11) is 0. The fourth-order valence-corrected chi connectivity index (χ4v) is 3.52. The largest absolute Gasteiger partial charge is 0.375 e. The Morgan fingerprint density at radius 3 is 2.74 bits per heavy atom. The first-order valence-electron chi connectivity index (χ1n) is 6.61. The minimum atomic E-state index is -0.291. The van der Waals surface area contributed by atoms with Gasteiger partial charge in [-0.05, 0) is 31.2 Å². The van der Waals surface area contributed by atoms with Crippen LogP contribution >= 0.6 is 0 Å². The Kier molecular flexibility index (Phi) is 3.06. The predicted octanol–water partition coefficient (Wildman–Crippen LogP) is 2.11. The number of nitro benzene ring substituents is 1. The molecule has 1 aromatic rings. The van der Waals surface area contributed by atoms with Crippen LogP contribution in [-0.4, -0.2) is 22.5 Å². The fraction of sp³-hybridized carbons (Fsp3) is 0.500. The highest BCUT2D eigenvalue weighted by Crippen LogP contribution is 2.40. The summed E-state index contributed by atoms with van der Waals surface area (Å²) in [5, 5.41) is 20.2. The van der Waals surface area contributed by atoms with Crippen molar-refractivity contribution in [1.82, 2.24) is 0 Å². The number of hydrogen-bond donors (Lipinski definition) is 1. The maximum absolute atomic E-state index is 11.1. The van der Waals surface area contributed by atoms with Crippen molar-refractivity contribution in [1.29, 1.82) is 0 Å². The molecule has 0 spiro atoms. The summed E-state index contributed by atoms with van der Waals surface area (Å²) in [6, 6.07) is 5.33. The molecule has 0 aromatic heterocycles. The number of aliphatic hydroxyl groups is 1. The molecule has 2 aliphatic rings. The molecule has 2 atom stereocenters. The lowest BCUT2D eigenvalue weighted by Gasteiger charge is -2.12. The van der Waals surface area contributed by atoms with E-state index in [4.69, 9.17) is 5.11 Å². The SMILES string of the molecule is O=[N+]([O-])c1cccc2c1CC1CCC(C2)/C1=N/CO. The summed E-state index contributed by atoms with van der Waals surface area (Å²) in [5.41, 5.74) is 3.23. The molecule has 1 fully saturated rings. The van der Waals surface area contributed by atoms with Gasteiger partial charge in [-0.1, -0.05) is 12.1 Å². The molecule has 3 rings (SSSR count). The van der Waals surface area contributed by atoms with Gasteiger partial charge >= 0.3 is 0 Å². The number of fused-ring (bicyclic) bond motifs is 3. The molecule has 2 bridgehead atoms. The second kappa shape index (κ2) is 4.74. The van der Waals surface area contributed by atoms with Gasteiger partial charge in [0, 0.05) is 29.2 Å². The van der Waals surface area contributed by atoms with Crippen LogP contribution in [0.3, 0.4) is 0 Å². The van der Waals surface area contributed by atoms with Crippen molar-refractivity contribution in [2.75, 3.05) is 6.73 Å². The monoisotopic (exact) mass is 260 g/mol. The predicted molar refractivity (Wildman–Crippen MR) is 71.2 cm³/mol. The first-order chi connectivity index (χ1) is 9.20. The Bertz CT molecular complexity index is 554. The summed E-state index contributed by atoms with van der Waals surface area (Å²) < 4.78 is 0. The van der Waals surface area contributed by atoms with Crippen LogP contribution in [-0.2, 0) is 12.8 Å². The Morgan fingerprint density at radius 1 is 1.32 bits per heavy atom. The number of aliphatic imine (C=N–C) groups is 1. The minimum Gasteiger partial charge on any atom is -0.375 e. The molecular formula is C14H16N2O3. The van der Waals surface area contributed by atoms with Crippen molar-refractivity contribution in [2.45, 2.75) is 25.7 Å². The molecule has 5 nitrogen and oxygen atoms in total. The quantitative estimate of drug-likeness (QED) is 0.653. The Labute approximate surface area is 111 Å². The maximum atomic E-state index is 11.1. The second-order valence-corrected chi connectivity index (χ2v) is 5.28. The zero-order valence-corrected chi connectivity index (χ0v) is 10.6. The van der Waals surface area contributed by atoms with Gasteiger partial charge < -0.3 is 5.11 Å². The van der Waals surface area contributed by atoms with Gasteiger partial charge in [0.2, 0.25) is 0 Å². The van der Waals surface area contributed by atoms with E-state index in [9.17, 15) is 10.1 Å². The Balaban J connectivity index is 2.06. The van der Waals surface area contributed by atoms with Crippen molar-refractivity contribution in [2.24, 2.45) is 16.8 Å². The molecule has 19 heavy (non-hydrogen) atoms. The molecule has 1 N–H and O–H groups in total. The van der Waals surface area contributed by atoms with Gasteiger partial charge in [-0.3, -0.25) is 15.1 Å². The van der Waals surface area contributed by atoms with Crippen molar-refractivity contribution in [3.8, 4) is 0 Å². The van der Waals surface area contributed by atoms with Crippen molar-refractivity contribution in [3.05, 3.63) is 39.4 Å². The van der Waals surface area contributed by atoms with E-state index in [0.717, 1.165) is 36.1 Å². The van der Waals surface area contributed by atoms with Gasteiger partial charge in [-0.25, -0.2) is 0 Å². The fourth-order valence-electron chi connectivity index (χ4n) is 3.52. The van der Waals surface area contributed by atoms with Crippen LogP contribution < -0.4 is 0 Å². The van der Waals surface area contributed by atoms with E-state index in [1.54, 1.807) is 12.1 Å². The van der Waals surface area contributed by atoms with Gasteiger partial charge in [0.15, 0.2) is 0 Å². The van der Waals surface area contributed by atoms with Gasteiger partial charge in [-0.15, -0.1) is 0 Å². The summed E-state index contributed by atoms with van der Waals surface area (Å²) in [6.45, 7) is -0.180. The van der Waals surface area contributed by atoms with Crippen molar-refractivity contribution in [3.63, 3.8) is 0 Å². The van der Waals surface area contributed by atoms with E-state index >= 15 is 0 Å². The number of hydrogen-bond acceptors (Lipinski definition) is 4. The van der Waals surface area contributed by atoms with Crippen LogP contribution in [0, 0.1) is 22.0 Å². The number of aliphatic hydroxyl groups excluding tert-OH is 1.